The molecule has 200 valence electrons. The van der Waals surface area contributed by atoms with Gasteiger partial charge in [0.1, 0.15) is 11.4 Å². The first-order valence-corrected chi connectivity index (χ1v) is 11.4. The summed E-state index contributed by atoms with van der Waals surface area (Å²) in [6.07, 6.45) is -8.63. The maximum Gasteiger partial charge on any atom is 0.416 e. The summed E-state index contributed by atoms with van der Waals surface area (Å²) in [7, 11) is 0. The number of carbonyl (C=O) groups is 1. The quantitative estimate of drug-likeness (QED) is 0.221. The number of benzene rings is 2. The van der Waals surface area contributed by atoms with Crippen molar-refractivity contribution in [2.45, 2.75) is 77.6 Å². The molecule has 1 N–H and O–H groups in total. The summed E-state index contributed by atoms with van der Waals surface area (Å²) in [5.74, 6) is -0.0398. The Hall–Kier alpha value is -2.75. The molecule has 0 spiro atoms. The van der Waals surface area contributed by atoms with Crippen LogP contribution in [0.1, 0.15) is 63.3 Å². The Morgan fingerprint density at radius 2 is 1.56 bits per heavy atom. The third-order valence-corrected chi connectivity index (χ3v) is 5.04. The zero-order valence-electron chi connectivity index (χ0n) is 20.9. The fraction of sp³-hybridized carbons (Fsp3) is 0.500. The highest BCUT2D eigenvalue weighted by molar-refractivity contribution is 5.79. The van der Waals surface area contributed by atoms with Crippen molar-refractivity contribution in [1.29, 1.82) is 0 Å². The minimum atomic E-state index is -4.90. The Bertz CT molecular complexity index is 1040. The average molecular weight is 520 g/mol. The van der Waals surface area contributed by atoms with E-state index in [-0.39, 0.29) is 18.2 Å². The molecule has 0 atom stereocenters. The third kappa shape index (κ3) is 9.04. The normalized spacial score (nSPS) is 13.0. The van der Waals surface area contributed by atoms with Crippen molar-refractivity contribution in [2.75, 3.05) is 6.54 Å². The second-order valence-electron chi connectivity index (χ2n) is 9.91. The topological polar surface area (TPSA) is 47.6 Å². The van der Waals surface area contributed by atoms with Crippen molar-refractivity contribution < 1.29 is 40.6 Å². The molecule has 0 saturated carbocycles. The third-order valence-electron chi connectivity index (χ3n) is 5.04. The Morgan fingerprint density at radius 3 is 2.14 bits per heavy atom. The summed E-state index contributed by atoms with van der Waals surface area (Å²) >= 11 is 0. The summed E-state index contributed by atoms with van der Waals surface area (Å²) in [6, 6.07) is 8.73. The number of hydrogen-bond acceptors (Lipinski definition) is 4. The van der Waals surface area contributed by atoms with Gasteiger partial charge in [-0.1, -0.05) is 18.2 Å². The lowest BCUT2D eigenvalue weighted by atomic mass is 10.0. The summed E-state index contributed by atoms with van der Waals surface area (Å²) < 4.78 is 89.4. The van der Waals surface area contributed by atoms with Crippen molar-refractivity contribution in [1.82, 2.24) is 5.32 Å². The molecule has 2 aromatic rings. The lowest BCUT2D eigenvalue weighted by Crippen LogP contribution is -2.43. The van der Waals surface area contributed by atoms with E-state index >= 15 is 0 Å². The Balaban J connectivity index is 1.93. The van der Waals surface area contributed by atoms with Crippen molar-refractivity contribution in [3.8, 4) is 5.75 Å². The SMILES string of the molecule is CC(C)(C)OC(=O)C(C)(C)Oc1cccc(CCCNCc2ccc(C(F)(F)F)cc2C(F)(F)F)c1. The standard InChI is InChI=1S/C26H31F6NO3/c1-23(2,3)36-22(34)24(4,5)35-20-10-6-8-17(14-20)9-7-13-33-16-18-11-12-19(25(27,28)29)15-21(18)26(30,31)32/h6,8,10-12,14-15,33H,7,9,13,16H2,1-5H3. The Kier molecular flexibility index (Phi) is 9.10. The molecule has 36 heavy (non-hydrogen) atoms. The number of nitrogens with one attached hydrogen (secondary N) is 1. The van der Waals surface area contributed by atoms with Gasteiger partial charge in [0.25, 0.3) is 0 Å². The van der Waals surface area contributed by atoms with Crippen LogP contribution in [0, 0.1) is 0 Å². The number of alkyl halides is 6. The number of rotatable bonds is 9. The van der Waals surface area contributed by atoms with Gasteiger partial charge in [-0.05, 0) is 89.4 Å². The molecule has 0 aliphatic carbocycles. The van der Waals surface area contributed by atoms with Crippen molar-refractivity contribution in [3.63, 3.8) is 0 Å². The molecule has 0 bridgehead atoms. The van der Waals surface area contributed by atoms with Gasteiger partial charge in [-0.2, -0.15) is 26.3 Å². The van der Waals surface area contributed by atoms with Crippen molar-refractivity contribution in [2.24, 2.45) is 0 Å². The molecule has 0 amide bonds. The van der Waals surface area contributed by atoms with E-state index in [0.717, 1.165) is 11.6 Å². The minimum absolute atomic E-state index is 0.140. The van der Waals surface area contributed by atoms with E-state index in [2.05, 4.69) is 5.32 Å². The van der Waals surface area contributed by atoms with Gasteiger partial charge >= 0.3 is 18.3 Å². The van der Waals surface area contributed by atoms with E-state index in [0.29, 0.717) is 31.2 Å². The highest BCUT2D eigenvalue weighted by Gasteiger charge is 2.38. The second-order valence-corrected chi connectivity index (χ2v) is 9.91. The van der Waals surface area contributed by atoms with Crippen LogP contribution in [0.5, 0.6) is 5.75 Å². The van der Waals surface area contributed by atoms with Crippen LogP contribution in [0.25, 0.3) is 0 Å². The van der Waals surface area contributed by atoms with E-state index in [9.17, 15) is 31.1 Å². The van der Waals surface area contributed by atoms with E-state index in [1.165, 1.54) is 0 Å². The van der Waals surface area contributed by atoms with Gasteiger partial charge in [0.2, 0.25) is 0 Å². The fourth-order valence-electron chi connectivity index (χ4n) is 3.31. The van der Waals surface area contributed by atoms with Gasteiger partial charge < -0.3 is 14.8 Å². The number of esters is 1. The molecule has 0 aromatic heterocycles. The second kappa shape index (κ2) is 11.1. The van der Waals surface area contributed by atoms with Crippen LogP contribution in [-0.2, 0) is 34.8 Å². The first kappa shape index (κ1) is 29.5. The number of ether oxygens (including phenoxy) is 2. The van der Waals surface area contributed by atoms with Gasteiger partial charge in [-0.3, -0.25) is 0 Å². The zero-order chi connectivity index (χ0) is 27.4. The number of carbonyl (C=O) groups excluding carboxylic acids is 1. The van der Waals surface area contributed by atoms with Crippen LogP contribution < -0.4 is 10.1 Å². The molecule has 0 heterocycles. The average Bonchev–Trinajstić information content (AvgIpc) is 2.71. The molecular formula is C26H31F6NO3. The van der Waals surface area contributed by atoms with Crippen LogP contribution in [0.3, 0.4) is 0 Å². The van der Waals surface area contributed by atoms with Crippen molar-refractivity contribution in [3.05, 3.63) is 64.7 Å². The van der Waals surface area contributed by atoms with Crippen LogP contribution >= 0.6 is 0 Å². The highest BCUT2D eigenvalue weighted by atomic mass is 19.4. The summed E-state index contributed by atoms with van der Waals surface area (Å²) in [6.45, 7) is 8.61. The molecule has 0 saturated heterocycles. The van der Waals surface area contributed by atoms with Crippen LogP contribution in [0.15, 0.2) is 42.5 Å². The Labute approximate surface area is 207 Å². The smallest absolute Gasteiger partial charge is 0.416 e. The summed E-state index contributed by atoms with van der Waals surface area (Å²) in [5.41, 5.74) is -3.88. The maximum atomic E-state index is 13.3. The number of aryl methyl sites for hydroxylation is 1. The molecule has 0 fully saturated rings. The lowest BCUT2D eigenvalue weighted by molar-refractivity contribution is -0.171. The predicted octanol–water partition coefficient (Wildman–Crippen LogP) is 6.95. The summed E-state index contributed by atoms with van der Waals surface area (Å²) in [4.78, 5) is 12.4. The Morgan fingerprint density at radius 1 is 0.889 bits per heavy atom. The van der Waals surface area contributed by atoms with E-state index in [1.807, 2.05) is 6.07 Å². The van der Waals surface area contributed by atoms with Gasteiger partial charge in [0.05, 0.1) is 11.1 Å². The van der Waals surface area contributed by atoms with Gasteiger partial charge in [-0.25, -0.2) is 4.79 Å². The van der Waals surface area contributed by atoms with Crippen LogP contribution in [0.4, 0.5) is 26.3 Å². The molecule has 4 nitrogen and oxygen atoms in total. The fourth-order valence-corrected chi connectivity index (χ4v) is 3.31. The first-order chi connectivity index (χ1) is 16.4. The first-order valence-electron chi connectivity index (χ1n) is 11.4. The molecular weight excluding hydrogens is 488 g/mol. The molecule has 0 unspecified atom stereocenters. The number of halogens is 6. The number of hydrogen-bond donors (Lipinski definition) is 1. The monoisotopic (exact) mass is 519 g/mol. The largest absolute Gasteiger partial charge is 0.476 e. The van der Waals surface area contributed by atoms with Crippen LogP contribution in [0.2, 0.25) is 0 Å². The molecule has 0 aliphatic heterocycles. The van der Waals surface area contributed by atoms with Gasteiger partial charge in [-0.15, -0.1) is 0 Å². The van der Waals surface area contributed by atoms with E-state index < -0.39 is 40.7 Å². The van der Waals surface area contributed by atoms with Crippen molar-refractivity contribution >= 4 is 5.97 Å². The van der Waals surface area contributed by atoms with Gasteiger partial charge in [0, 0.05) is 6.54 Å². The molecule has 2 aromatic carbocycles. The van der Waals surface area contributed by atoms with E-state index in [4.69, 9.17) is 9.47 Å². The zero-order valence-corrected chi connectivity index (χ0v) is 20.9. The summed E-state index contributed by atoms with van der Waals surface area (Å²) in [5, 5.41) is 2.86. The lowest BCUT2D eigenvalue weighted by Gasteiger charge is -2.29. The highest BCUT2D eigenvalue weighted by Crippen LogP contribution is 2.37. The molecule has 0 radical (unpaired) electrons. The minimum Gasteiger partial charge on any atom is -0.476 e. The molecule has 10 heteroatoms. The van der Waals surface area contributed by atoms with Gasteiger partial charge in [0.15, 0.2) is 5.60 Å². The molecule has 2 rings (SSSR count). The van der Waals surface area contributed by atoms with Crippen LogP contribution in [-0.4, -0.2) is 23.7 Å². The van der Waals surface area contributed by atoms with E-state index in [1.54, 1.807) is 52.8 Å². The predicted molar refractivity (Wildman–Crippen MR) is 123 cm³/mol. The maximum absolute atomic E-state index is 13.3. The molecule has 0 aliphatic rings.